The zero-order valence-corrected chi connectivity index (χ0v) is 16.9. The highest BCUT2D eigenvalue weighted by Gasteiger charge is 2.16. The van der Waals surface area contributed by atoms with Crippen molar-refractivity contribution in [3.05, 3.63) is 71.5 Å². The Labute approximate surface area is 172 Å². The van der Waals surface area contributed by atoms with E-state index in [0.29, 0.717) is 19.7 Å². The fourth-order valence-electron chi connectivity index (χ4n) is 3.43. The minimum atomic E-state index is -0.580. The van der Waals surface area contributed by atoms with Crippen LogP contribution in [0.3, 0.4) is 0 Å². The van der Waals surface area contributed by atoms with Gasteiger partial charge in [0.1, 0.15) is 5.82 Å². The summed E-state index contributed by atoms with van der Waals surface area (Å²) in [6.07, 6.45) is -0.580. The van der Waals surface area contributed by atoms with E-state index in [1.165, 1.54) is 12.1 Å². The van der Waals surface area contributed by atoms with Crippen LogP contribution in [0.1, 0.15) is 11.1 Å². The average molecular weight is 403 g/mol. The van der Waals surface area contributed by atoms with Gasteiger partial charge in [0.05, 0.1) is 32.5 Å². The second-order valence-electron chi connectivity index (χ2n) is 7.47. The van der Waals surface area contributed by atoms with Crippen molar-refractivity contribution in [2.24, 2.45) is 0 Å². The fourth-order valence-corrected chi connectivity index (χ4v) is 3.43. The lowest BCUT2D eigenvalue weighted by molar-refractivity contribution is 0.00211. The van der Waals surface area contributed by atoms with Crippen LogP contribution in [-0.2, 0) is 22.6 Å². The van der Waals surface area contributed by atoms with Crippen LogP contribution in [0, 0.1) is 5.82 Å². The quantitative estimate of drug-likeness (QED) is 0.626. The highest BCUT2D eigenvalue weighted by Crippen LogP contribution is 2.09. The van der Waals surface area contributed by atoms with E-state index in [1.54, 1.807) is 12.1 Å². The molecule has 0 aliphatic carbocycles. The second-order valence-corrected chi connectivity index (χ2v) is 7.47. The van der Waals surface area contributed by atoms with E-state index in [-0.39, 0.29) is 12.4 Å². The standard InChI is InChI=1S/C23H31FN2O3/c24-22-8-6-20(7-9-22)16-26(11-10-25-12-14-28-15-13-25)17-23(27)19-29-18-21-4-2-1-3-5-21/h1-9,23,27H,10-19H2. The molecule has 2 aromatic rings. The van der Waals surface area contributed by atoms with Crippen molar-refractivity contribution < 1.29 is 19.0 Å². The molecule has 1 fully saturated rings. The number of aliphatic hydroxyl groups is 1. The van der Waals surface area contributed by atoms with Crippen molar-refractivity contribution in [2.45, 2.75) is 19.3 Å². The smallest absolute Gasteiger partial charge is 0.123 e. The Balaban J connectivity index is 1.49. The fraction of sp³-hybridized carbons (Fsp3) is 0.478. The highest BCUT2D eigenvalue weighted by atomic mass is 19.1. The molecule has 1 unspecified atom stereocenters. The molecule has 0 radical (unpaired) electrons. The number of rotatable bonds is 11. The van der Waals surface area contributed by atoms with Gasteiger partial charge in [-0.15, -0.1) is 0 Å². The van der Waals surface area contributed by atoms with Crippen molar-refractivity contribution in [1.29, 1.82) is 0 Å². The summed E-state index contributed by atoms with van der Waals surface area (Å²) >= 11 is 0. The van der Waals surface area contributed by atoms with Crippen LogP contribution in [0.4, 0.5) is 4.39 Å². The number of hydrogen-bond acceptors (Lipinski definition) is 5. The summed E-state index contributed by atoms with van der Waals surface area (Å²) in [6, 6.07) is 16.5. The lowest BCUT2D eigenvalue weighted by Crippen LogP contribution is -2.43. The van der Waals surface area contributed by atoms with E-state index in [0.717, 1.165) is 50.5 Å². The first kappa shape index (κ1) is 21.9. The lowest BCUT2D eigenvalue weighted by atomic mass is 10.2. The highest BCUT2D eigenvalue weighted by molar-refractivity contribution is 5.16. The molecule has 1 aliphatic rings. The molecule has 3 rings (SSSR count). The van der Waals surface area contributed by atoms with E-state index in [4.69, 9.17) is 9.47 Å². The molecule has 158 valence electrons. The molecule has 0 aromatic heterocycles. The predicted octanol–water partition coefficient (Wildman–Crippen LogP) is 2.54. The summed E-state index contributed by atoms with van der Waals surface area (Å²) in [5.41, 5.74) is 2.13. The third kappa shape index (κ3) is 8.20. The van der Waals surface area contributed by atoms with Crippen LogP contribution in [0.2, 0.25) is 0 Å². The molecule has 1 heterocycles. The molecule has 5 nitrogen and oxygen atoms in total. The van der Waals surface area contributed by atoms with Gasteiger partial charge in [-0.05, 0) is 23.3 Å². The number of benzene rings is 2. The Morgan fingerprint density at radius 3 is 2.48 bits per heavy atom. The van der Waals surface area contributed by atoms with Gasteiger partial charge in [0.15, 0.2) is 0 Å². The maximum absolute atomic E-state index is 13.2. The number of hydrogen-bond donors (Lipinski definition) is 1. The zero-order chi connectivity index (χ0) is 20.3. The molecule has 29 heavy (non-hydrogen) atoms. The van der Waals surface area contributed by atoms with Gasteiger partial charge in [-0.25, -0.2) is 4.39 Å². The van der Waals surface area contributed by atoms with Gasteiger partial charge in [0, 0.05) is 39.3 Å². The monoisotopic (exact) mass is 402 g/mol. The Morgan fingerprint density at radius 1 is 1.03 bits per heavy atom. The van der Waals surface area contributed by atoms with Gasteiger partial charge < -0.3 is 14.6 Å². The largest absolute Gasteiger partial charge is 0.389 e. The second kappa shape index (κ2) is 12.0. The van der Waals surface area contributed by atoms with Crippen molar-refractivity contribution in [1.82, 2.24) is 9.80 Å². The Hall–Kier alpha value is -1.83. The normalized spacial score (nSPS) is 16.2. The van der Waals surface area contributed by atoms with Crippen molar-refractivity contribution in [3.63, 3.8) is 0 Å². The van der Waals surface area contributed by atoms with Gasteiger partial charge in [-0.2, -0.15) is 0 Å². The van der Waals surface area contributed by atoms with Gasteiger partial charge in [0.25, 0.3) is 0 Å². The van der Waals surface area contributed by atoms with Crippen molar-refractivity contribution in [3.8, 4) is 0 Å². The molecule has 0 amide bonds. The zero-order valence-electron chi connectivity index (χ0n) is 16.9. The molecule has 0 bridgehead atoms. The minimum Gasteiger partial charge on any atom is -0.389 e. The van der Waals surface area contributed by atoms with E-state index < -0.39 is 6.10 Å². The number of ether oxygens (including phenoxy) is 2. The maximum atomic E-state index is 13.2. The molecule has 0 saturated carbocycles. The van der Waals surface area contributed by atoms with Crippen LogP contribution in [0.25, 0.3) is 0 Å². The summed E-state index contributed by atoms with van der Waals surface area (Å²) in [4.78, 5) is 4.58. The summed E-state index contributed by atoms with van der Waals surface area (Å²) < 4.78 is 24.3. The topological polar surface area (TPSA) is 45.2 Å². The molecular formula is C23H31FN2O3. The number of halogens is 1. The van der Waals surface area contributed by atoms with Crippen LogP contribution in [0.15, 0.2) is 54.6 Å². The molecular weight excluding hydrogens is 371 g/mol. The molecule has 1 N–H and O–H groups in total. The predicted molar refractivity (Wildman–Crippen MR) is 111 cm³/mol. The first-order chi connectivity index (χ1) is 14.2. The summed E-state index contributed by atoms with van der Waals surface area (Å²) in [6.45, 7) is 7.12. The average Bonchev–Trinajstić information content (AvgIpc) is 2.75. The third-order valence-electron chi connectivity index (χ3n) is 5.05. The molecule has 1 saturated heterocycles. The van der Waals surface area contributed by atoms with E-state index in [9.17, 15) is 9.50 Å². The minimum absolute atomic E-state index is 0.233. The summed E-state index contributed by atoms with van der Waals surface area (Å²) in [5, 5.41) is 10.5. The van der Waals surface area contributed by atoms with E-state index in [1.807, 2.05) is 30.3 Å². The Morgan fingerprint density at radius 2 is 1.76 bits per heavy atom. The SMILES string of the molecule is OC(COCc1ccccc1)CN(CCN1CCOCC1)Cc1ccc(F)cc1. The van der Waals surface area contributed by atoms with Crippen LogP contribution < -0.4 is 0 Å². The number of morpholine rings is 1. The Bertz CT molecular complexity index is 693. The van der Waals surface area contributed by atoms with Crippen molar-refractivity contribution >= 4 is 0 Å². The molecule has 6 heteroatoms. The summed E-state index contributed by atoms with van der Waals surface area (Å²) in [5.74, 6) is -0.233. The third-order valence-corrected chi connectivity index (χ3v) is 5.05. The van der Waals surface area contributed by atoms with Gasteiger partial charge in [-0.1, -0.05) is 42.5 Å². The van der Waals surface area contributed by atoms with Gasteiger partial charge in [-0.3, -0.25) is 9.80 Å². The van der Waals surface area contributed by atoms with Crippen LogP contribution in [0.5, 0.6) is 0 Å². The maximum Gasteiger partial charge on any atom is 0.123 e. The Kier molecular flexibility index (Phi) is 9.05. The molecule has 0 spiro atoms. The van der Waals surface area contributed by atoms with Gasteiger partial charge >= 0.3 is 0 Å². The lowest BCUT2D eigenvalue weighted by Gasteiger charge is -2.31. The van der Waals surface area contributed by atoms with Gasteiger partial charge in [0.2, 0.25) is 0 Å². The molecule has 1 atom stereocenters. The molecule has 1 aliphatic heterocycles. The summed E-state index contributed by atoms with van der Waals surface area (Å²) in [7, 11) is 0. The van der Waals surface area contributed by atoms with Crippen molar-refractivity contribution in [2.75, 3.05) is 52.5 Å². The van der Waals surface area contributed by atoms with Crippen LogP contribution in [-0.4, -0.2) is 73.6 Å². The van der Waals surface area contributed by atoms with E-state index >= 15 is 0 Å². The first-order valence-electron chi connectivity index (χ1n) is 10.3. The first-order valence-corrected chi connectivity index (χ1v) is 10.3. The van der Waals surface area contributed by atoms with Crippen LogP contribution >= 0.6 is 0 Å². The van der Waals surface area contributed by atoms with E-state index in [2.05, 4.69) is 9.80 Å². The number of aliphatic hydroxyl groups excluding tert-OH is 1. The molecule has 2 aromatic carbocycles. The number of nitrogens with zero attached hydrogens (tertiary/aromatic N) is 2.